The van der Waals surface area contributed by atoms with Crippen LogP contribution >= 0.6 is 0 Å². The van der Waals surface area contributed by atoms with Crippen molar-refractivity contribution in [3.8, 4) is 16.9 Å². The van der Waals surface area contributed by atoms with Gasteiger partial charge < -0.3 is 4.74 Å². The van der Waals surface area contributed by atoms with Gasteiger partial charge in [-0.2, -0.15) is 13.2 Å². The second-order valence-electron chi connectivity index (χ2n) is 4.12. The molecule has 0 aliphatic rings. The number of rotatable bonds is 2. The molecule has 0 aliphatic heterocycles. The number of hydrogen-bond donors (Lipinski definition) is 0. The fourth-order valence-corrected chi connectivity index (χ4v) is 1.78. The van der Waals surface area contributed by atoms with Gasteiger partial charge in [-0.3, -0.25) is 0 Å². The highest BCUT2D eigenvalue weighted by Crippen LogP contribution is 2.40. The van der Waals surface area contributed by atoms with Crippen LogP contribution in [0.3, 0.4) is 0 Å². The van der Waals surface area contributed by atoms with E-state index in [-0.39, 0.29) is 5.56 Å². The van der Waals surface area contributed by atoms with Gasteiger partial charge in [-0.15, -0.1) is 13.2 Å². The summed E-state index contributed by atoms with van der Waals surface area (Å²) in [6, 6.07) is 10.5. The van der Waals surface area contributed by atoms with Gasteiger partial charge >= 0.3 is 12.5 Å². The zero-order valence-electron chi connectivity index (χ0n) is 10.3. The highest BCUT2D eigenvalue weighted by Gasteiger charge is 2.39. The lowest BCUT2D eigenvalue weighted by Gasteiger charge is -2.16. The van der Waals surface area contributed by atoms with Gasteiger partial charge in [0, 0.05) is 0 Å². The van der Waals surface area contributed by atoms with Crippen LogP contribution in [0.25, 0.3) is 11.1 Å². The fourth-order valence-electron chi connectivity index (χ4n) is 1.78. The number of alkyl halides is 6. The standard InChI is InChI=1S/C14H8F6O/c15-13(16,17)11-8-10(9-4-2-1-3-5-9)6-7-12(11)21-14(18,19)20/h1-8H. The molecular formula is C14H8F6O. The zero-order chi connectivity index (χ0) is 15.7. The number of hydrogen-bond acceptors (Lipinski definition) is 1. The van der Waals surface area contributed by atoms with E-state index >= 15 is 0 Å². The molecule has 2 rings (SSSR count). The van der Waals surface area contributed by atoms with E-state index in [1.54, 1.807) is 30.3 Å². The van der Waals surface area contributed by atoms with Gasteiger partial charge in [-0.1, -0.05) is 36.4 Å². The largest absolute Gasteiger partial charge is 0.573 e. The Labute approximate surface area is 115 Å². The van der Waals surface area contributed by atoms with E-state index in [4.69, 9.17) is 0 Å². The summed E-state index contributed by atoms with van der Waals surface area (Å²) >= 11 is 0. The minimum atomic E-state index is -5.19. The summed E-state index contributed by atoms with van der Waals surface area (Å²) < 4.78 is 78.5. The molecule has 0 saturated carbocycles. The van der Waals surface area contributed by atoms with E-state index in [9.17, 15) is 26.3 Å². The molecule has 0 saturated heterocycles. The Morgan fingerprint density at radius 3 is 1.86 bits per heavy atom. The van der Waals surface area contributed by atoms with Gasteiger partial charge in [-0.05, 0) is 23.3 Å². The first-order chi connectivity index (χ1) is 9.67. The molecule has 0 aromatic heterocycles. The molecule has 0 heterocycles. The van der Waals surface area contributed by atoms with Crippen LogP contribution in [-0.4, -0.2) is 6.36 Å². The van der Waals surface area contributed by atoms with Crippen LogP contribution in [-0.2, 0) is 6.18 Å². The van der Waals surface area contributed by atoms with Gasteiger partial charge in [0.15, 0.2) is 0 Å². The third-order valence-corrected chi connectivity index (χ3v) is 2.62. The Morgan fingerprint density at radius 2 is 1.33 bits per heavy atom. The predicted octanol–water partition coefficient (Wildman–Crippen LogP) is 5.27. The fraction of sp³-hybridized carbons (Fsp3) is 0.143. The van der Waals surface area contributed by atoms with Crippen LogP contribution in [0, 0.1) is 0 Å². The maximum Gasteiger partial charge on any atom is 0.573 e. The van der Waals surface area contributed by atoms with Crippen LogP contribution in [0.1, 0.15) is 5.56 Å². The lowest BCUT2D eigenvalue weighted by molar-refractivity contribution is -0.276. The molecule has 2 aromatic rings. The first-order valence-electron chi connectivity index (χ1n) is 5.69. The number of benzene rings is 2. The molecular weight excluding hydrogens is 298 g/mol. The van der Waals surface area contributed by atoms with Crippen LogP contribution in [0.2, 0.25) is 0 Å². The van der Waals surface area contributed by atoms with Crippen molar-refractivity contribution in [2.45, 2.75) is 12.5 Å². The van der Waals surface area contributed by atoms with E-state index in [2.05, 4.69) is 4.74 Å². The summed E-state index contributed by atoms with van der Waals surface area (Å²) in [5.74, 6) is -1.27. The Balaban J connectivity index is 2.50. The number of ether oxygens (including phenoxy) is 1. The normalized spacial score (nSPS) is 12.3. The first-order valence-corrected chi connectivity index (χ1v) is 5.69. The van der Waals surface area contributed by atoms with Crippen LogP contribution in [0.15, 0.2) is 48.5 Å². The molecule has 0 fully saturated rings. The zero-order valence-corrected chi connectivity index (χ0v) is 10.3. The molecule has 112 valence electrons. The molecule has 2 aromatic carbocycles. The van der Waals surface area contributed by atoms with E-state index in [0.29, 0.717) is 17.7 Å². The van der Waals surface area contributed by atoms with Crippen molar-refractivity contribution in [1.82, 2.24) is 0 Å². The van der Waals surface area contributed by atoms with Crippen LogP contribution in [0.5, 0.6) is 5.75 Å². The Hall–Kier alpha value is -2.18. The third-order valence-electron chi connectivity index (χ3n) is 2.62. The van der Waals surface area contributed by atoms with E-state index in [1.165, 1.54) is 0 Å². The average molecular weight is 306 g/mol. The number of halogens is 6. The molecule has 0 amide bonds. The van der Waals surface area contributed by atoms with Gasteiger partial charge in [0.1, 0.15) is 5.75 Å². The lowest BCUT2D eigenvalue weighted by Crippen LogP contribution is -2.20. The monoisotopic (exact) mass is 306 g/mol. The Bertz CT molecular complexity index is 616. The molecule has 7 heteroatoms. The summed E-state index contributed by atoms with van der Waals surface area (Å²) in [6.45, 7) is 0. The van der Waals surface area contributed by atoms with E-state index in [1.807, 2.05) is 0 Å². The summed E-state index contributed by atoms with van der Waals surface area (Å²) in [5.41, 5.74) is -0.861. The quantitative estimate of drug-likeness (QED) is 0.687. The molecule has 0 unspecified atom stereocenters. The topological polar surface area (TPSA) is 9.23 Å². The maximum absolute atomic E-state index is 12.9. The Kier molecular flexibility index (Phi) is 3.85. The van der Waals surface area contributed by atoms with Crippen molar-refractivity contribution >= 4 is 0 Å². The highest BCUT2D eigenvalue weighted by molar-refractivity contribution is 5.66. The molecule has 0 bridgehead atoms. The average Bonchev–Trinajstić information content (AvgIpc) is 2.37. The summed E-state index contributed by atoms with van der Waals surface area (Å²) in [7, 11) is 0. The summed E-state index contributed by atoms with van der Waals surface area (Å²) in [4.78, 5) is 0. The van der Waals surface area contributed by atoms with Crippen molar-refractivity contribution in [2.75, 3.05) is 0 Å². The van der Waals surface area contributed by atoms with Crippen molar-refractivity contribution in [1.29, 1.82) is 0 Å². The SMILES string of the molecule is FC(F)(F)Oc1ccc(-c2ccccc2)cc1C(F)(F)F. The molecule has 0 aliphatic carbocycles. The van der Waals surface area contributed by atoms with Gasteiger partial charge in [0.25, 0.3) is 0 Å². The maximum atomic E-state index is 12.9. The van der Waals surface area contributed by atoms with Crippen LogP contribution < -0.4 is 4.74 Å². The molecule has 0 N–H and O–H groups in total. The molecule has 0 atom stereocenters. The Morgan fingerprint density at radius 1 is 0.714 bits per heavy atom. The second-order valence-corrected chi connectivity index (χ2v) is 4.12. The smallest absolute Gasteiger partial charge is 0.405 e. The minimum Gasteiger partial charge on any atom is -0.405 e. The van der Waals surface area contributed by atoms with E-state index < -0.39 is 23.9 Å². The van der Waals surface area contributed by atoms with Gasteiger partial charge in [0.05, 0.1) is 5.56 Å². The van der Waals surface area contributed by atoms with Crippen molar-refractivity contribution in [3.63, 3.8) is 0 Å². The van der Waals surface area contributed by atoms with Crippen LogP contribution in [0.4, 0.5) is 26.3 Å². The van der Waals surface area contributed by atoms with E-state index in [0.717, 1.165) is 6.07 Å². The van der Waals surface area contributed by atoms with Gasteiger partial charge in [-0.25, -0.2) is 0 Å². The van der Waals surface area contributed by atoms with Gasteiger partial charge in [0.2, 0.25) is 0 Å². The molecule has 0 radical (unpaired) electrons. The third kappa shape index (κ3) is 3.90. The van der Waals surface area contributed by atoms with Crippen molar-refractivity contribution < 1.29 is 31.1 Å². The molecule has 0 spiro atoms. The lowest BCUT2D eigenvalue weighted by atomic mass is 10.0. The summed E-state index contributed by atoms with van der Waals surface area (Å²) in [6.07, 6.45) is -10.1. The predicted molar refractivity (Wildman–Crippen MR) is 63.6 cm³/mol. The summed E-state index contributed by atoms with van der Waals surface area (Å²) in [5, 5.41) is 0. The van der Waals surface area contributed by atoms with Crippen molar-refractivity contribution in [2.24, 2.45) is 0 Å². The minimum absolute atomic E-state index is 0.150. The highest BCUT2D eigenvalue weighted by atomic mass is 19.4. The first kappa shape index (κ1) is 15.2. The molecule has 1 nitrogen and oxygen atoms in total. The second kappa shape index (κ2) is 5.31. The molecule has 21 heavy (non-hydrogen) atoms. The van der Waals surface area contributed by atoms with Crippen molar-refractivity contribution in [3.05, 3.63) is 54.1 Å².